The molecule has 1 spiro atoms. The molecule has 2 N–H and O–H groups in total. The first kappa shape index (κ1) is 13.0. The van der Waals surface area contributed by atoms with Crippen molar-refractivity contribution in [3.8, 4) is 0 Å². The summed E-state index contributed by atoms with van der Waals surface area (Å²) in [6, 6.07) is 0. The van der Waals surface area contributed by atoms with Gasteiger partial charge in [0, 0.05) is 0 Å². The van der Waals surface area contributed by atoms with Gasteiger partial charge in [-0.25, -0.2) is 0 Å². The molecule has 4 heteroatoms. The molecule has 92 valence electrons. The molecule has 2 aliphatic rings. The van der Waals surface area contributed by atoms with Gasteiger partial charge in [0.2, 0.25) is 5.91 Å². The second-order valence-corrected chi connectivity index (χ2v) is 5.59. The number of carbonyl (C=O) groups is 1. The molecule has 0 aromatic heterocycles. The fourth-order valence-corrected chi connectivity index (χ4v) is 2.40. The van der Waals surface area contributed by atoms with E-state index in [1.165, 1.54) is 6.42 Å². The number of β-lactam (4-membered cyclic amide) rings is 1. The van der Waals surface area contributed by atoms with Gasteiger partial charge < -0.3 is 10.2 Å². The number of hydrogen-bond donors (Lipinski definition) is 0. The topological polar surface area (TPSA) is 61.0 Å². The van der Waals surface area contributed by atoms with Crippen molar-refractivity contribution < 1.29 is 15.0 Å². The van der Waals surface area contributed by atoms with Crippen LogP contribution in [0.2, 0.25) is 0 Å². The molecule has 0 atom stereocenters. The van der Waals surface area contributed by atoms with E-state index in [1.54, 1.807) is 4.90 Å². The number of likely N-dealkylation sites (tertiary alicyclic amines) is 1. The summed E-state index contributed by atoms with van der Waals surface area (Å²) < 4.78 is 5.65. The highest BCUT2D eigenvalue weighted by Crippen LogP contribution is 2.49. The molecule has 0 unspecified atom stereocenters. The molecule has 16 heavy (non-hydrogen) atoms. The lowest BCUT2D eigenvalue weighted by Gasteiger charge is -2.57. The molecule has 1 aliphatic heterocycles. The van der Waals surface area contributed by atoms with Crippen LogP contribution < -0.4 is 0 Å². The van der Waals surface area contributed by atoms with Crippen LogP contribution in [0.15, 0.2) is 12.5 Å². The molecule has 4 nitrogen and oxygen atoms in total. The Morgan fingerprint density at radius 3 is 2.31 bits per heavy atom. The molecular weight excluding hydrogens is 206 g/mol. The van der Waals surface area contributed by atoms with E-state index in [2.05, 4.69) is 6.58 Å². The molecule has 0 radical (unpaired) electrons. The van der Waals surface area contributed by atoms with Crippen LogP contribution in [-0.2, 0) is 9.53 Å². The third kappa shape index (κ3) is 1.94. The predicted molar refractivity (Wildman–Crippen MR) is 61.6 cm³/mol. The number of carbonyl (C=O) groups excluding carboxylic acids is 1. The van der Waals surface area contributed by atoms with Crippen LogP contribution in [0.25, 0.3) is 0 Å². The summed E-state index contributed by atoms with van der Waals surface area (Å²) >= 11 is 0. The van der Waals surface area contributed by atoms with Gasteiger partial charge in [-0.1, -0.05) is 0 Å². The minimum absolute atomic E-state index is 0. The van der Waals surface area contributed by atoms with E-state index in [1.807, 2.05) is 20.8 Å². The highest BCUT2D eigenvalue weighted by Gasteiger charge is 2.56. The Morgan fingerprint density at radius 1 is 1.44 bits per heavy atom. The van der Waals surface area contributed by atoms with Crippen molar-refractivity contribution in [2.45, 2.75) is 57.6 Å². The first-order valence-corrected chi connectivity index (χ1v) is 5.55. The molecule has 0 aromatic carbocycles. The second kappa shape index (κ2) is 3.77. The molecule has 1 saturated heterocycles. The zero-order valence-electron chi connectivity index (χ0n) is 10.3. The summed E-state index contributed by atoms with van der Waals surface area (Å²) in [5.74, 6) is 0.683. The Bertz CT molecular complexity index is 313. The van der Waals surface area contributed by atoms with Gasteiger partial charge >= 0.3 is 0 Å². The Kier molecular flexibility index (Phi) is 3.07. The summed E-state index contributed by atoms with van der Waals surface area (Å²) in [7, 11) is 0. The normalized spacial score (nSPS) is 21.9. The van der Waals surface area contributed by atoms with Gasteiger partial charge in [-0.2, -0.15) is 0 Å². The van der Waals surface area contributed by atoms with Crippen molar-refractivity contribution in [3.05, 3.63) is 12.5 Å². The standard InChI is InChI=1S/C12H19NO2.H2O/c1-9(15-11(2,3)4)13-10(14)8-12(13)6-5-7-12;/h1,5-8H2,2-4H3;1H2. The number of hydrogen-bond acceptors (Lipinski definition) is 2. The molecule has 0 bridgehead atoms. The molecule has 1 amide bonds. The molecule has 2 rings (SSSR count). The van der Waals surface area contributed by atoms with Gasteiger partial charge in [0.15, 0.2) is 5.88 Å². The molecule has 2 fully saturated rings. The quantitative estimate of drug-likeness (QED) is 0.531. The van der Waals surface area contributed by atoms with E-state index >= 15 is 0 Å². The summed E-state index contributed by atoms with van der Waals surface area (Å²) in [6.45, 7) is 9.78. The number of nitrogens with zero attached hydrogens (tertiary/aromatic N) is 1. The van der Waals surface area contributed by atoms with Crippen LogP contribution in [-0.4, -0.2) is 27.4 Å². The number of ether oxygens (including phenoxy) is 1. The number of rotatable bonds is 2. The van der Waals surface area contributed by atoms with Crippen LogP contribution in [0, 0.1) is 0 Å². The van der Waals surface area contributed by atoms with Gasteiger partial charge in [-0.3, -0.25) is 9.69 Å². The Balaban J connectivity index is 0.00000128. The summed E-state index contributed by atoms with van der Waals surface area (Å²) in [6.07, 6.45) is 4.10. The minimum atomic E-state index is -0.280. The van der Waals surface area contributed by atoms with Crippen molar-refractivity contribution in [2.24, 2.45) is 0 Å². The lowest BCUT2D eigenvalue weighted by Crippen LogP contribution is -2.66. The van der Waals surface area contributed by atoms with Crippen molar-refractivity contribution in [2.75, 3.05) is 0 Å². The van der Waals surface area contributed by atoms with Crippen molar-refractivity contribution in [1.82, 2.24) is 4.90 Å². The second-order valence-electron chi connectivity index (χ2n) is 5.59. The lowest BCUT2D eigenvalue weighted by molar-refractivity contribution is -0.171. The van der Waals surface area contributed by atoms with Crippen LogP contribution in [0.1, 0.15) is 46.5 Å². The first-order valence-electron chi connectivity index (χ1n) is 5.55. The van der Waals surface area contributed by atoms with Crippen LogP contribution in [0.4, 0.5) is 0 Å². The van der Waals surface area contributed by atoms with Crippen molar-refractivity contribution in [1.29, 1.82) is 0 Å². The highest BCUT2D eigenvalue weighted by molar-refractivity contribution is 5.87. The fraction of sp³-hybridized carbons (Fsp3) is 0.750. The van der Waals surface area contributed by atoms with Crippen molar-refractivity contribution >= 4 is 5.91 Å². The molecule has 0 aromatic rings. The third-order valence-electron chi connectivity index (χ3n) is 3.16. The van der Waals surface area contributed by atoms with E-state index in [-0.39, 0.29) is 22.5 Å². The van der Waals surface area contributed by atoms with Crippen molar-refractivity contribution in [3.63, 3.8) is 0 Å². The van der Waals surface area contributed by atoms with Gasteiger partial charge in [-0.15, -0.1) is 0 Å². The molecule has 1 saturated carbocycles. The number of amides is 1. The van der Waals surface area contributed by atoms with Gasteiger partial charge in [0.05, 0.1) is 12.0 Å². The first-order chi connectivity index (χ1) is 6.84. The van der Waals surface area contributed by atoms with Crippen LogP contribution in [0.5, 0.6) is 0 Å². The van der Waals surface area contributed by atoms with Gasteiger partial charge in [-0.05, 0) is 46.6 Å². The molecular formula is C12H21NO3. The van der Waals surface area contributed by atoms with E-state index in [0.29, 0.717) is 12.3 Å². The zero-order valence-corrected chi connectivity index (χ0v) is 10.3. The van der Waals surface area contributed by atoms with E-state index in [4.69, 9.17) is 4.74 Å². The monoisotopic (exact) mass is 227 g/mol. The van der Waals surface area contributed by atoms with E-state index < -0.39 is 0 Å². The Hall–Kier alpha value is -1.03. The molecule has 1 heterocycles. The maximum Gasteiger partial charge on any atom is 0.232 e. The maximum atomic E-state index is 11.6. The van der Waals surface area contributed by atoms with E-state index in [9.17, 15) is 4.79 Å². The smallest absolute Gasteiger partial charge is 0.232 e. The highest BCUT2D eigenvalue weighted by atomic mass is 16.5. The Morgan fingerprint density at radius 2 is 2.00 bits per heavy atom. The van der Waals surface area contributed by atoms with Crippen LogP contribution >= 0.6 is 0 Å². The average Bonchev–Trinajstić information content (AvgIpc) is 1.91. The summed E-state index contributed by atoms with van der Waals surface area (Å²) in [4.78, 5) is 13.3. The molecule has 1 aliphatic carbocycles. The Labute approximate surface area is 96.6 Å². The van der Waals surface area contributed by atoms with E-state index in [0.717, 1.165) is 12.8 Å². The van der Waals surface area contributed by atoms with Gasteiger partial charge in [0.25, 0.3) is 0 Å². The summed E-state index contributed by atoms with van der Waals surface area (Å²) in [5, 5.41) is 0. The fourth-order valence-electron chi connectivity index (χ4n) is 2.40. The lowest BCUT2D eigenvalue weighted by atomic mass is 9.67. The zero-order chi connectivity index (χ0) is 11.3. The minimum Gasteiger partial charge on any atom is -0.473 e. The third-order valence-corrected chi connectivity index (χ3v) is 3.16. The largest absolute Gasteiger partial charge is 0.473 e. The van der Waals surface area contributed by atoms with Crippen LogP contribution in [0.3, 0.4) is 0 Å². The predicted octanol–water partition coefficient (Wildman–Crippen LogP) is 1.60. The SMILES string of the molecule is C=C(OC(C)(C)C)N1C(=O)CC12CCC2.O. The summed E-state index contributed by atoms with van der Waals surface area (Å²) in [5.41, 5.74) is -0.197. The van der Waals surface area contributed by atoms with Gasteiger partial charge in [0.1, 0.15) is 5.60 Å². The maximum absolute atomic E-state index is 11.6. The average molecular weight is 227 g/mol.